The summed E-state index contributed by atoms with van der Waals surface area (Å²) < 4.78 is 0. The molecule has 3 aromatic carbocycles. The molecule has 3 aromatic rings. The molecule has 0 bridgehead atoms. The van der Waals surface area contributed by atoms with Gasteiger partial charge in [-0.1, -0.05) is 58.6 Å². The van der Waals surface area contributed by atoms with Crippen molar-refractivity contribution in [3.63, 3.8) is 0 Å². The Hall–Kier alpha value is -2.09. The maximum absolute atomic E-state index is 12.0. The number of halogens is 2. The van der Waals surface area contributed by atoms with Crippen LogP contribution in [0, 0.1) is 13.8 Å². The van der Waals surface area contributed by atoms with Crippen molar-refractivity contribution in [2.75, 3.05) is 0 Å². The first kappa shape index (κ1) is 18.3. The number of ketones is 1. The molecule has 0 saturated heterocycles. The first-order chi connectivity index (χ1) is 11.5. The van der Waals surface area contributed by atoms with E-state index in [1.807, 2.05) is 0 Å². The Labute approximate surface area is 152 Å². The van der Waals surface area contributed by atoms with Gasteiger partial charge in [0, 0.05) is 21.2 Å². The Balaban J connectivity index is 0.000000219. The summed E-state index contributed by atoms with van der Waals surface area (Å²) in [5, 5.41) is 1.24. The molecule has 122 valence electrons. The number of hydrogen-bond acceptors (Lipinski definition) is 1. The van der Waals surface area contributed by atoms with Gasteiger partial charge in [0.2, 0.25) is 0 Å². The third-order valence-electron chi connectivity index (χ3n) is 3.43. The zero-order valence-electron chi connectivity index (χ0n) is 13.6. The van der Waals surface area contributed by atoms with E-state index < -0.39 is 0 Å². The average Bonchev–Trinajstić information content (AvgIpc) is 2.59. The third-order valence-corrected chi connectivity index (χ3v) is 3.94. The summed E-state index contributed by atoms with van der Waals surface area (Å²) in [6.07, 6.45) is 0. The normalized spacial score (nSPS) is 9.83. The van der Waals surface area contributed by atoms with E-state index in [1.165, 1.54) is 11.1 Å². The van der Waals surface area contributed by atoms with Gasteiger partial charge in [-0.25, -0.2) is 0 Å². The molecule has 0 aromatic heterocycles. The van der Waals surface area contributed by atoms with Crippen LogP contribution in [0.2, 0.25) is 10.0 Å². The summed E-state index contributed by atoms with van der Waals surface area (Å²) >= 11 is 11.5. The van der Waals surface area contributed by atoms with E-state index in [9.17, 15) is 4.79 Å². The average molecular weight is 357 g/mol. The van der Waals surface area contributed by atoms with Gasteiger partial charge in [0.15, 0.2) is 5.78 Å². The highest BCUT2D eigenvalue weighted by molar-refractivity contribution is 6.31. The largest absolute Gasteiger partial charge is 0.289 e. The summed E-state index contributed by atoms with van der Waals surface area (Å²) in [5.41, 5.74) is 3.89. The molecule has 0 unspecified atom stereocenters. The summed E-state index contributed by atoms with van der Waals surface area (Å²) in [6, 6.07) is 22.1. The molecule has 3 heteroatoms. The lowest BCUT2D eigenvalue weighted by atomic mass is 10.0. The van der Waals surface area contributed by atoms with Crippen LogP contribution in [0.1, 0.15) is 27.0 Å². The molecule has 1 nitrogen and oxygen atoms in total. The van der Waals surface area contributed by atoms with Crippen molar-refractivity contribution in [1.82, 2.24) is 0 Å². The van der Waals surface area contributed by atoms with Crippen molar-refractivity contribution in [3.05, 3.63) is 105 Å². The molecule has 0 N–H and O–H groups in total. The molecular formula is C21H18Cl2O. The van der Waals surface area contributed by atoms with Crippen LogP contribution in [0.25, 0.3) is 0 Å². The number of rotatable bonds is 2. The zero-order chi connectivity index (χ0) is 17.5. The van der Waals surface area contributed by atoms with E-state index in [1.54, 1.807) is 48.5 Å². The standard InChI is InChI=1S/C13H8Cl2O.C8H10/c14-11-5-1-9(2-6-11)13(16)10-3-7-12(15)8-4-10;1-7-3-5-8(2)6-4-7/h1-8H;3-6H,1-2H3. The number of carbonyl (C=O) groups excluding carboxylic acids is 1. The van der Waals surface area contributed by atoms with Crippen LogP contribution in [0.5, 0.6) is 0 Å². The second-order valence-corrected chi connectivity index (χ2v) is 6.37. The molecule has 0 spiro atoms. The highest BCUT2D eigenvalue weighted by atomic mass is 35.5. The minimum absolute atomic E-state index is 0.0340. The minimum atomic E-state index is -0.0340. The lowest BCUT2D eigenvalue weighted by Crippen LogP contribution is -2.00. The van der Waals surface area contributed by atoms with Crippen LogP contribution in [0.3, 0.4) is 0 Å². The molecule has 0 amide bonds. The molecule has 0 aliphatic carbocycles. The molecule has 3 rings (SSSR count). The first-order valence-electron chi connectivity index (χ1n) is 7.55. The molecular weight excluding hydrogens is 339 g/mol. The van der Waals surface area contributed by atoms with Crippen molar-refractivity contribution in [2.24, 2.45) is 0 Å². The van der Waals surface area contributed by atoms with Gasteiger partial charge < -0.3 is 0 Å². The van der Waals surface area contributed by atoms with Crippen LogP contribution < -0.4 is 0 Å². The minimum Gasteiger partial charge on any atom is -0.289 e. The van der Waals surface area contributed by atoms with Gasteiger partial charge in [-0.15, -0.1) is 0 Å². The SMILES string of the molecule is Cc1ccc(C)cc1.O=C(c1ccc(Cl)cc1)c1ccc(Cl)cc1. The molecule has 0 fully saturated rings. The summed E-state index contributed by atoms with van der Waals surface area (Å²) in [4.78, 5) is 12.0. The fourth-order valence-corrected chi connectivity index (χ4v) is 2.26. The van der Waals surface area contributed by atoms with E-state index in [0.717, 1.165) is 0 Å². The van der Waals surface area contributed by atoms with E-state index >= 15 is 0 Å². The lowest BCUT2D eigenvalue weighted by molar-refractivity contribution is 0.103. The Kier molecular flexibility index (Phi) is 6.60. The van der Waals surface area contributed by atoms with Gasteiger partial charge in [-0.05, 0) is 62.4 Å². The number of aryl methyl sites for hydroxylation is 2. The second-order valence-electron chi connectivity index (χ2n) is 5.50. The summed E-state index contributed by atoms with van der Waals surface area (Å²) in [5.74, 6) is -0.0340. The predicted molar refractivity (Wildman–Crippen MR) is 102 cm³/mol. The Bertz CT molecular complexity index is 720. The fourth-order valence-electron chi connectivity index (χ4n) is 2.01. The third kappa shape index (κ3) is 5.52. The van der Waals surface area contributed by atoms with Crippen LogP contribution in [-0.4, -0.2) is 5.78 Å². The quantitative estimate of drug-likeness (QED) is 0.477. The molecule has 0 aliphatic heterocycles. The number of carbonyl (C=O) groups is 1. The van der Waals surface area contributed by atoms with Gasteiger partial charge >= 0.3 is 0 Å². The Morgan fingerprint density at radius 3 is 1.17 bits per heavy atom. The maximum Gasteiger partial charge on any atom is 0.193 e. The predicted octanol–water partition coefficient (Wildman–Crippen LogP) is 6.53. The second kappa shape index (κ2) is 8.68. The van der Waals surface area contributed by atoms with Gasteiger partial charge in [0.1, 0.15) is 0 Å². The van der Waals surface area contributed by atoms with E-state index in [-0.39, 0.29) is 5.78 Å². The van der Waals surface area contributed by atoms with Gasteiger partial charge in [0.25, 0.3) is 0 Å². The van der Waals surface area contributed by atoms with Crippen LogP contribution in [0.15, 0.2) is 72.8 Å². The lowest BCUT2D eigenvalue weighted by Gasteiger charge is -2.01. The van der Waals surface area contributed by atoms with Crippen molar-refractivity contribution >= 4 is 29.0 Å². The Morgan fingerprint density at radius 2 is 0.875 bits per heavy atom. The van der Waals surface area contributed by atoms with Gasteiger partial charge in [-0.2, -0.15) is 0 Å². The molecule has 0 radical (unpaired) electrons. The smallest absolute Gasteiger partial charge is 0.193 e. The summed E-state index contributed by atoms with van der Waals surface area (Å²) in [6.45, 7) is 4.19. The van der Waals surface area contributed by atoms with Crippen LogP contribution in [-0.2, 0) is 0 Å². The van der Waals surface area contributed by atoms with Crippen molar-refractivity contribution in [1.29, 1.82) is 0 Å². The molecule has 0 saturated carbocycles. The van der Waals surface area contributed by atoms with Crippen molar-refractivity contribution in [2.45, 2.75) is 13.8 Å². The fraction of sp³-hybridized carbons (Fsp3) is 0.0952. The van der Waals surface area contributed by atoms with Gasteiger partial charge in [-0.3, -0.25) is 4.79 Å². The van der Waals surface area contributed by atoms with Crippen LogP contribution >= 0.6 is 23.2 Å². The van der Waals surface area contributed by atoms with E-state index in [0.29, 0.717) is 21.2 Å². The zero-order valence-corrected chi connectivity index (χ0v) is 15.1. The van der Waals surface area contributed by atoms with Crippen molar-refractivity contribution in [3.8, 4) is 0 Å². The highest BCUT2D eigenvalue weighted by Crippen LogP contribution is 2.15. The molecule has 0 aliphatic rings. The maximum atomic E-state index is 12.0. The van der Waals surface area contributed by atoms with E-state index in [2.05, 4.69) is 38.1 Å². The molecule has 0 heterocycles. The van der Waals surface area contributed by atoms with Crippen molar-refractivity contribution < 1.29 is 4.79 Å². The van der Waals surface area contributed by atoms with Gasteiger partial charge in [0.05, 0.1) is 0 Å². The van der Waals surface area contributed by atoms with Crippen LogP contribution in [0.4, 0.5) is 0 Å². The molecule has 24 heavy (non-hydrogen) atoms. The number of benzene rings is 3. The monoisotopic (exact) mass is 356 g/mol. The van der Waals surface area contributed by atoms with E-state index in [4.69, 9.17) is 23.2 Å². The first-order valence-corrected chi connectivity index (χ1v) is 8.30. The number of hydrogen-bond donors (Lipinski definition) is 0. The Morgan fingerprint density at radius 1 is 0.583 bits per heavy atom. The topological polar surface area (TPSA) is 17.1 Å². The molecule has 0 atom stereocenters. The summed E-state index contributed by atoms with van der Waals surface area (Å²) in [7, 11) is 0. The highest BCUT2D eigenvalue weighted by Gasteiger charge is 2.08.